The second-order valence-electron chi connectivity index (χ2n) is 5.00. The molecule has 1 aromatic carbocycles. The number of anilines is 1. The summed E-state index contributed by atoms with van der Waals surface area (Å²) in [6, 6.07) is 6.18. The summed E-state index contributed by atoms with van der Waals surface area (Å²) in [5.74, 6) is 0.487. The lowest BCUT2D eigenvalue weighted by molar-refractivity contribution is -0.113. The molecule has 0 spiro atoms. The summed E-state index contributed by atoms with van der Waals surface area (Å²) in [6.07, 6.45) is 1.48. The average molecular weight is 355 g/mol. The molecule has 0 aliphatic rings. The van der Waals surface area contributed by atoms with E-state index in [2.05, 4.69) is 28.5 Å². The van der Waals surface area contributed by atoms with E-state index in [9.17, 15) is 4.79 Å². The zero-order valence-corrected chi connectivity index (χ0v) is 14.9. The van der Waals surface area contributed by atoms with E-state index in [1.807, 2.05) is 13.8 Å². The lowest BCUT2D eigenvalue weighted by Crippen LogP contribution is -2.15. The topological polar surface area (TPSA) is 42.0 Å². The van der Waals surface area contributed by atoms with Crippen molar-refractivity contribution in [3.8, 4) is 0 Å². The number of carbonyl (C=O) groups is 1. The minimum absolute atomic E-state index is 0.151. The number of carbonyl (C=O) groups excluding carboxylic acids is 1. The molecule has 0 fully saturated rings. The molecular formula is C16H16Cl2N2OS. The van der Waals surface area contributed by atoms with E-state index >= 15 is 0 Å². The van der Waals surface area contributed by atoms with Crippen molar-refractivity contribution in [2.75, 3.05) is 11.1 Å². The van der Waals surface area contributed by atoms with Crippen LogP contribution in [0.4, 0.5) is 5.82 Å². The van der Waals surface area contributed by atoms with Crippen LogP contribution in [0.3, 0.4) is 0 Å². The Morgan fingerprint density at radius 2 is 2.00 bits per heavy atom. The molecule has 1 aromatic heterocycles. The molecule has 1 N–H and O–H groups in total. The number of halogens is 2. The summed E-state index contributed by atoms with van der Waals surface area (Å²) >= 11 is 13.6. The molecule has 6 heteroatoms. The summed E-state index contributed by atoms with van der Waals surface area (Å²) in [6.45, 7) is 5.84. The van der Waals surface area contributed by atoms with Crippen molar-refractivity contribution in [3.05, 3.63) is 51.1 Å². The standard InChI is InChI=1S/C16H16Cl2N2OS/c1-9-4-5-10(2)13(6-9)22-8-14(21)20-16-15(18)11(3)12(17)7-19-16/h4-7H,8H2,1-3H3,(H,19,20,21). The Kier molecular flexibility index (Phi) is 5.73. The molecular weight excluding hydrogens is 339 g/mol. The predicted octanol–water partition coefficient (Wildman–Crippen LogP) is 5.04. The number of nitrogens with one attached hydrogen (secondary N) is 1. The van der Waals surface area contributed by atoms with E-state index in [1.165, 1.54) is 23.5 Å². The molecule has 0 unspecified atom stereocenters. The monoisotopic (exact) mass is 354 g/mol. The molecule has 0 atom stereocenters. The SMILES string of the molecule is Cc1ccc(C)c(SCC(=O)Nc2ncc(Cl)c(C)c2Cl)c1. The van der Waals surface area contributed by atoms with Crippen LogP contribution >= 0.6 is 35.0 Å². The van der Waals surface area contributed by atoms with Gasteiger partial charge in [0.25, 0.3) is 0 Å². The molecule has 0 saturated carbocycles. The lowest BCUT2D eigenvalue weighted by atomic mass is 10.2. The normalized spacial score (nSPS) is 10.6. The number of aromatic nitrogens is 1. The highest BCUT2D eigenvalue weighted by Crippen LogP contribution is 2.29. The van der Waals surface area contributed by atoms with Gasteiger partial charge in [-0.1, -0.05) is 40.9 Å². The van der Waals surface area contributed by atoms with Crippen molar-refractivity contribution in [3.63, 3.8) is 0 Å². The van der Waals surface area contributed by atoms with Crippen LogP contribution in [-0.2, 0) is 4.79 Å². The Morgan fingerprint density at radius 1 is 1.27 bits per heavy atom. The molecule has 116 valence electrons. The van der Waals surface area contributed by atoms with Gasteiger partial charge in [0.1, 0.15) is 0 Å². The van der Waals surface area contributed by atoms with Gasteiger partial charge in [0, 0.05) is 11.1 Å². The van der Waals surface area contributed by atoms with E-state index < -0.39 is 0 Å². The van der Waals surface area contributed by atoms with E-state index in [1.54, 1.807) is 6.92 Å². The summed E-state index contributed by atoms with van der Waals surface area (Å²) in [5, 5.41) is 3.57. The van der Waals surface area contributed by atoms with Crippen molar-refractivity contribution in [1.29, 1.82) is 0 Å². The second kappa shape index (κ2) is 7.36. The Hall–Kier alpha value is -1.23. The highest BCUT2D eigenvalue weighted by atomic mass is 35.5. The smallest absolute Gasteiger partial charge is 0.235 e. The third-order valence-corrected chi connectivity index (χ3v) is 5.16. The molecule has 0 aliphatic heterocycles. The molecule has 2 aromatic rings. The fraction of sp³-hybridized carbons (Fsp3) is 0.250. The van der Waals surface area contributed by atoms with Crippen LogP contribution in [0.1, 0.15) is 16.7 Å². The molecule has 0 radical (unpaired) electrons. The van der Waals surface area contributed by atoms with Gasteiger partial charge in [0.05, 0.1) is 15.8 Å². The van der Waals surface area contributed by atoms with Gasteiger partial charge in [-0.3, -0.25) is 4.79 Å². The number of thioether (sulfide) groups is 1. The van der Waals surface area contributed by atoms with Crippen molar-refractivity contribution >= 4 is 46.7 Å². The highest BCUT2D eigenvalue weighted by molar-refractivity contribution is 8.00. The Bertz CT molecular complexity index is 720. The van der Waals surface area contributed by atoms with Gasteiger partial charge in [-0.25, -0.2) is 4.98 Å². The van der Waals surface area contributed by atoms with Gasteiger partial charge < -0.3 is 5.32 Å². The fourth-order valence-corrected chi connectivity index (χ4v) is 3.13. The molecule has 0 saturated heterocycles. The summed E-state index contributed by atoms with van der Waals surface area (Å²) in [7, 11) is 0. The van der Waals surface area contributed by atoms with Crippen LogP contribution in [0.2, 0.25) is 10.0 Å². The van der Waals surface area contributed by atoms with Gasteiger partial charge in [-0.15, -0.1) is 11.8 Å². The average Bonchev–Trinajstić information content (AvgIpc) is 2.49. The maximum atomic E-state index is 12.1. The predicted molar refractivity (Wildman–Crippen MR) is 94.3 cm³/mol. The van der Waals surface area contributed by atoms with Gasteiger partial charge >= 0.3 is 0 Å². The van der Waals surface area contributed by atoms with Crippen molar-refractivity contribution in [2.24, 2.45) is 0 Å². The number of pyridine rings is 1. The second-order valence-corrected chi connectivity index (χ2v) is 6.80. The molecule has 0 bridgehead atoms. The van der Waals surface area contributed by atoms with E-state index in [0.717, 1.165) is 10.5 Å². The van der Waals surface area contributed by atoms with Gasteiger partial charge in [-0.2, -0.15) is 0 Å². The Morgan fingerprint density at radius 3 is 2.73 bits per heavy atom. The first-order chi connectivity index (χ1) is 10.4. The third kappa shape index (κ3) is 4.15. The van der Waals surface area contributed by atoms with Gasteiger partial charge in [-0.05, 0) is 38.0 Å². The molecule has 3 nitrogen and oxygen atoms in total. The van der Waals surface area contributed by atoms with Crippen molar-refractivity contribution in [2.45, 2.75) is 25.7 Å². The van der Waals surface area contributed by atoms with E-state index in [4.69, 9.17) is 23.2 Å². The molecule has 2 rings (SSSR count). The van der Waals surface area contributed by atoms with Crippen molar-refractivity contribution < 1.29 is 4.79 Å². The summed E-state index contributed by atoms with van der Waals surface area (Å²) in [4.78, 5) is 17.2. The number of amides is 1. The molecule has 0 aliphatic carbocycles. The van der Waals surface area contributed by atoms with Crippen LogP contribution in [-0.4, -0.2) is 16.6 Å². The van der Waals surface area contributed by atoms with Crippen LogP contribution < -0.4 is 5.32 Å². The highest BCUT2D eigenvalue weighted by Gasteiger charge is 2.12. The summed E-state index contributed by atoms with van der Waals surface area (Å²) < 4.78 is 0. The molecule has 1 amide bonds. The number of benzene rings is 1. The quantitative estimate of drug-likeness (QED) is 0.781. The van der Waals surface area contributed by atoms with E-state index in [0.29, 0.717) is 27.2 Å². The Balaban J connectivity index is 2.02. The zero-order valence-electron chi connectivity index (χ0n) is 12.5. The molecule has 22 heavy (non-hydrogen) atoms. The first kappa shape index (κ1) is 17.1. The fourth-order valence-electron chi connectivity index (χ4n) is 1.82. The van der Waals surface area contributed by atoms with Gasteiger partial charge in [0.15, 0.2) is 5.82 Å². The van der Waals surface area contributed by atoms with Crippen molar-refractivity contribution in [1.82, 2.24) is 4.98 Å². The maximum Gasteiger partial charge on any atom is 0.235 e. The number of hydrogen-bond donors (Lipinski definition) is 1. The first-order valence-corrected chi connectivity index (χ1v) is 8.43. The first-order valence-electron chi connectivity index (χ1n) is 6.69. The number of aryl methyl sites for hydroxylation is 2. The largest absolute Gasteiger partial charge is 0.309 e. The summed E-state index contributed by atoms with van der Waals surface area (Å²) in [5.41, 5.74) is 3.03. The minimum atomic E-state index is -0.151. The zero-order chi connectivity index (χ0) is 16.3. The Labute approximate surface area is 144 Å². The number of nitrogens with zero attached hydrogens (tertiary/aromatic N) is 1. The van der Waals surface area contributed by atoms with Crippen LogP contribution in [0.25, 0.3) is 0 Å². The van der Waals surface area contributed by atoms with E-state index in [-0.39, 0.29) is 5.91 Å². The third-order valence-electron chi connectivity index (χ3n) is 3.16. The van der Waals surface area contributed by atoms with Gasteiger partial charge in [0.2, 0.25) is 5.91 Å². The number of rotatable bonds is 4. The maximum absolute atomic E-state index is 12.1. The molecule has 1 heterocycles. The lowest BCUT2D eigenvalue weighted by Gasteiger charge is -2.10. The van der Waals surface area contributed by atoms with Crippen LogP contribution in [0.15, 0.2) is 29.3 Å². The minimum Gasteiger partial charge on any atom is -0.309 e. The number of hydrogen-bond acceptors (Lipinski definition) is 3. The van der Waals surface area contributed by atoms with Crippen LogP contribution in [0.5, 0.6) is 0 Å². The van der Waals surface area contributed by atoms with Crippen LogP contribution in [0, 0.1) is 20.8 Å².